The number of aliphatic hydroxyl groups is 2. The zero-order chi connectivity index (χ0) is 31.1. The first-order chi connectivity index (χ1) is 20.5. The number of unbranched alkanes of at least 4 members (excludes halogenated alkanes) is 1. The van der Waals surface area contributed by atoms with E-state index in [4.69, 9.17) is 9.57 Å². The summed E-state index contributed by atoms with van der Waals surface area (Å²) in [6.07, 6.45) is 3.62. The van der Waals surface area contributed by atoms with Crippen molar-refractivity contribution in [3.63, 3.8) is 0 Å². The van der Waals surface area contributed by atoms with E-state index in [2.05, 4.69) is 36.2 Å². The van der Waals surface area contributed by atoms with Gasteiger partial charge in [0.1, 0.15) is 24.6 Å². The molecule has 2 aromatic rings. The molecule has 43 heavy (non-hydrogen) atoms. The average Bonchev–Trinajstić information content (AvgIpc) is 3.56. The highest BCUT2D eigenvalue weighted by molar-refractivity contribution is 6.01. The van der Waals surface area contributed by atoms with Crippen molar-refractivity contribution in [2.75, 3.05) is 51.8 Å². The van der Waals surface area contributed by atoms with Crippen LogP contribution >= 0.6 is 0 Å². The number of hydroxylamine groups is 2. The molecule has 2 heterocycles. The molecule has 1 aromatic heterocycles. The topological polar surface area (TPSA) is 147 Å². The van der Waals surface area contributed by atoms with Crippen LogP contribution in [0.15, 0.2) is 36.2 Å². The van der Waals surface area contributed by atoms with Crippen molar-refractivity contribution in [2.24, 2.45) is 5.92 Å². The van der Waals surface area contributed by atoms with Crippen molar-refractivity contribution in [3.05, 3.63) is 47.5 Å². The molecular formula is C30H43N6O7+. The number of anilines is 1. The SMILES string of the molecule is CCCC[N+](C)(C)Cc1cn(CCN(CCOCC(=O)ON2C(=O)CCC2=O)c2ccc(C3=C(O)C(C)C3O)cc2)nn1. The van der Waals surface area contributed by atoms with Crippen LogP contribution in [0.25, 0.3) is 5.57 Å². The minimum Gasteiger partial charge on any atom is -0.512 e. The lowest BCUT2D eigenvalue weighted by atomic mass is 9.78. The maximum absolute atomic E-state index is 12.1. The molecule has 0 spiro atoms. The van der Waals surface area contributed by atoms with Gasteiger partial charge in [0.2, 0.25) is 0 Å². The summed E-state index contributed by atoms with van der Waals surface area (Å²) in [7, 11) is 4.38. The second-order valence-corrected chi connectivity index (χ2v) is 11.8. The van der Waals surface area contributed by atoms with Gasteiger partial charge in [0.15, 0.2) is 0 Å². The van der Waals surface area contributed by atoms with E-state index in [0.717, 1.165) is 47.4 Å². The molecule has 0 saturated carbocycles. The highest BCUT2D eigenvalue weighted by Crippen LogP contribution is 2.40. The highest BCUT2D eigenvalue weighted by atomic mass is 16.7. The number of rotatable bonds is 16. The first-order valence-electron chi connectivity index (χ1n) is 14.8. The number of carbonyl (C=O) groups excluding carboxylic acids is 3. The molecule has 4 rings (SSSR count). The zero-order valence-corrected chi connectivity index (χ0v) is 25.4. The Morgan fingerprint density at radius 3 is 2.49 bits per heavy atom. The molecule has 2 N–H and O–H groups in total. The normalized spacial score (nSPS) is 18.8. The van der Waals surface area contributed by atoms with Crippen molar-refractivity contribution < 1.29 is 38.7 Å². The van der Waals surface area contributed by atoms with Gasteiger partial charge in [-0.05, 0) is 24.1 Å². The minimum absolute atomic E-state index is 0.0264. The van der Waals surface area contributed by atoms with Crippen LogP contribution < -0.4 is 4.90 Å². The number of imide groups is 1. The van der Waals surface area contributed by atoms with Gasteiger partial charge >= 0.3 is 5.97 Å². The molecule has 0 bridgehead atoms. The van der Waals surface area contributed by atoms with Crippen molar-refractivity contribution >= 4 is 29.0 Å². The molecule has 0 radical (unpaired) electrons. The van der Waals surface area contributed by atoms with Gasteiger partial charge in [-0.25, -0.2) is 4.79 Å². The smallest absolute Gasteiger partial charge is 0.358 e. The number of aromatic nitrogens is 3. The summed E-state index contributed by atoms with van der Waals surface area (Å²) >= 11 is 0. The molecule has 13 heteroatoms. The van der Waals surface area contributed by atoms with Crippen LogP contribution in [0.4, 0.5) is 5.69 Å². The van der Waals surface area contributed by atoms with Gasteiger partial charge in [-0.15, -0.1) is 10.2 Å². The fourth-order valence-corrected chi connectivity index (χ4v) is 5.20. The number of benzene rings is 1. The molecule has 1 aliphatic heterocycles. The summed E-state index contributed by atoms with van der Waals surface area (Å²) in [6.45, 7) is 7.12. The maximum atomic E-state index is 12.1. The van der Waals surface area contributed by atoms with Gasteiger partial charge in [0.25, 0.3) is 11.8 Å². The standard InChI is InChI=1S/C30H42N6O7/c1-5-6-16-36(3,4)19-23-18-34(32-31-23)14-13-33(15-17-42-20-27(39)43-35-25(37)11-12-26(35)38)24-9-7-22(8-10-24)28-29(40)21(2)30(28)41/h7-10,18,21,29,40H,5-6,11-17,19-20H2,1-4H3/p+1. The Kier molecular flexibility index (Phi) is 10.5. The zero-order valence-electron chi connectivity index (χ0n) is 25.4. The minimum atomic E-state index is -0.823. The van der Waals surface area contributed by atoms with Gasteiger partial charge in [0, 0.05) is 43.1 Å². The van der Waals surface area contributed by atoms with Gasteiger partial charge in [-0.3, -0.25) is 14.3 Å². The molecule has 2 unspecified atom stereocenters. The van der Waals surface area contributed by atoms with Crippen LogP contribution in [-0.2, 0) is 37.0 Å². The molecule has 1 aliphatic carbocycles. The first-order valence-corrected chi connectivity index (χ1v) is 14.8. The molecule has 13 nitrogen and oxygen atoms in total. The second kappa shape index (κ2) is 14.1. The Balaban J connectivity index is 1.37. The lowest BCUT2D eigenvalue weighted by molar-refractivity contribution is -0.904. The highest BCUT2D eigenvalue weighted by Gasteiger charge is 2.37. The predicted octanol–water partition coefficient (Wildman–Crippen LogP) is 2.06. The fraction of sp³-hybridized carbons (Fsp3) is 0.567. The summed E-state index contributed by atoms with van der Waals surface area (Å²) in [4.78, 5) is 42.4. The lowest BCUT2D eigenvalue weighted by Crippen LogP contribution is -2.39. The predicted molar refractivity (Wildman–Crippen MR) is 157 cm³/mol. The number of ether oxygens (including phenoxy) is 1. The Hall–Kier alpha value is -3.81. The van der Waals surface area contributed by atoms with E-state index < -0.39 is 30.5 Å². The number of hydrogen-bond acceptors (Lipinski definition) is 10. The van der Waals surface area contributed by atoms with E-state index in [1.807, 2.05) is 35.1 Å². The summed E-state index contributed by atoms with van der Waals surface area (Å²) in [5.41, 5.74) is 3.09. The van der Waals surface area contributed by atoms with E-state index in [-0.39, 0.29) is 31.1 Å². The van der Waals surface area contributed by atoms with Crippen LogP contribution in [0.1, 0.15) is 50.8 Å². The fourth-order valence-electron chi connectivity index (χ4n) is 5.20. The van der Waals surface area contributed by atoms with E-state index in [1.54, 1.807) is 6.92 Å². The van der Waals surface area contributed by atoms with Gasteiger partial charge in [-0.2, -0.15) is 0 Å². The van der Waals surface area contributed by atoms with Crippen LogP contribution in [-0.4, -0.2) is 106 Å². The molecule has 1 fully saturated rings. The third-order valence-electron chi connectivity index (χ3n) is 7.84. The number of amides is 2. The second-order valence-electron chi connectivity index (χ2n) is 11.8. The summed E-state index contributed by atoms with van der Waals surface area (Å²) in [5, 5.41) is 29.7. The van der Waals surface area contributed by atoms with Crippen molar-refractivity contribution in [1.29, 1.82) is 0 Å². The van der Waals surface area contributed by atoms with E-state index in [0.29, 0.717) is 30.3 Å². The Morgan fingerprint density at radius 1 is 1.14 bits per heavy atom. The Labute approximate surface area is 251 Å². The monoisotopic (exact) mass is 599 g/mol. The molecule has 234 valence electrons. The van der Waals surface area contributed by atoms with Crippen LogP contribution in [0.3, 0.4) is 0 Å². The van der Waals surface area contributed by atoms with Crippen LogP contribution in [0.5, 0.6) is 0 Å². The summed E-state index contributed by atoms with van der Waals surface area (Å²) in [6, 6.07) is 7.53. The van der Waals surface area contributed by atoms with E-state index in [9.17, 15) is 24.6 Å². The van der Waals surface area contributed by atoms with E-state index >= 15 is 0 Å². The van der Waals surface area contributed by atoms with Crippen molar-refractivity contribution in [2.45, 2.75) is 58.7 Å². The van der Waals surface area contributed by atoms with Gasteiger partial charge in [-0.1, -0.05) is 37.6 Å². The Morgan fingerprint density at radius 2 is 1.84 bits per heavy atom. The Bertz CT molecular complexity index is 1310. The maximum Gasteiger partial charge on any atom is 0.358 e. The molecule has 2 atom stereocenters. The van der Waals surface area contributed by atoms with Crippen molar-refractivity contribution in [1.82, 2.24) is 20.1 Å². The number of carbonyl (C=O) groups is 3. The largest absolute Gasteiger partial charge is 0.512 e. The van der Waals surface area contributed by atoms with Gasteiger partial charge < -0.3 is 29.2 Å². The first kappa shape index (κ1) is 32.1. The lowest BCUT2D eigenvalue weighted by Gasteiger charge is -2.33. The third kappa shape index (κ3) is 8.18. The van der Waals surface area contributed by atoms with Gasteiger partial charge in [0.05, 0.1) is 46.1 Å². The molecule has 2 aliphatic rings. The molecule has 1 aromatic carbocycles. The van der Waals surface area contributed by atoms with E-state index in [1.165, 1.54) is 0 Å². The van der Waals surface area contributed by atoms with Crippen LogP contribution in [0.2, 0.25) is 0 Å². The number of nitrogens with zero attached hydrogens (tertiary/aromatic N) is 6. The van der Waals surface area contributed by atoms with Crippen molar-refractivity contribution in [3.8, 4) is 0 Å². The molecular weight excluding hydrogens is 556 g/mol. The molecule has 2 amide bonds. The quantitative estimate of drug-likeness (QED) is 0.167. The van der Waals surface area contributed by atoms with Crippen LogP contribution in [0, 0.1) is 5.92 Å². The third-order valence-corrected chi connectivity index (χ3v) is 7.84. The number of aliphatic hydroxyl groups excluding tert-OH is 2. The number of quaternary nitrogens is 1. The number of hydrogen-bond donors (Lipinski definition) is 2. The average molecular weight is 600 g/mol. The summed E-state index contributed by atoms with van der Waals surface area (Å²) < 4.78 is 8.17. The summed E-state index contributed by atoms with van der Waals surface area (Å²) in [5.74, 6) is -1.98. The molecule has 1 saturated heterocycles.